The van der Waals surface area contributed by atoms with Crippen LogP contribution in [-0.4, -0.2) is 33.5 Å². The van der Waals surface area contributed by atoms with Gasteiger partial charge in [-0.05, 0) is 54.1 Å². The van der Waals surface area contributed by atoms with Crippen LogP contribution in [0, 0.1) is 6.92 Å². The van der Waals surface area contributed by atoms with Gasteiger partial charge < -0.3 is 4.74 Å². The van der Waals surface area contributed by atoms with Gasteiger partial charge in [0.1, 0.15) is 5.75 Å². The number of rotatable bonds is 5. The maximum atomic E-state index is 12.6. The first-order valence-corrected chi connectivity index (χ1v) is 9.58. The average Bonchev–Trinajstić information content (AvgIpc) is 2.66. The largest absolute Gasteiger partial charge is 0.497 e. The summed E-state index contributed by atoms with van der Waals surface area (Å²) in [6.45, 7) is 1.85. The van der Waals surface area contributed by atoms with E-state index in [1.54, 1.807) is 43.5 Å². The summed E-state index contributed by atoms with van der Waals surface area (Å²) in [5.41, 5.74) is 1.24. The fourth-order valence-corrected chi connectivity index (χ4v) is 3.51. The third kappa shape index (κ3) is 4.10. The zero-order chi connectivity index (χ0) is 19.6. The molecule has 0 atom stereocenters. The lowest BCUT2D eigenvalue weighted by Crippen LogP contribution is -2.30. The predicted molar refractivity (Wildman–Crippen MR) is 102 cm³/mol. The molecular weight excluding hydrogens is 366 g/mol. The Balaban J connectivity index is 1.82. The molecule has 0 radical (unpaired) electrons. The van der Waals surface area contributed by atoms with Gasteiger partial charge in [0.15, 0.2) is 0 Å². The predicted octanol–water partition coefficient (Wildman–Crippen LogP) is 3.55. The van der Waals surface area contributed by atoms with Gasteiger partial charge in [0.05, 0.1) is 12.0 Å². The minimum absolute atomic E-state index is 0.0154. The van der Waals surface area contributed by atoms with Crippen LogP contribution in [0.4, 0.5) is 0 Å². The summed E-state index contributed by atoms with van der Waals surface area (Å²) in [6, 6.07) is 16.7. The number of carbonyl (C=O) groups excluding carboxylic acids is 1. The van der Waals surface area contributed by atoms with Crippen LogP contribution in [0.2, 0.25) is 0 Å². The topological polar surface area (TPSA) is 72.9 Å². The molecule has 0 unspecified atom stereocenters. The Kier molecular flexibility index (Phi) is 5.16. The van der Waals surface area contributed by atoms with Crippen molar-refractivity contribution in [1.82, 2.24) is 5.06 Å². The molecule has 0 heterocycles. The van der Waals surface area contributed by atoms with E-state index in [9.17, 15) is 13.2 Å². The lowest BCUT2D eigenvalue weighted by Gasteiger charge is -2.16. The van der Waals surface area contributed by atoms with Crippen molar-refractivity contribution in [2.75, 3.05) is 14.2 Å². The molecule has 0 aliphatic rings. The Bertz CT molecular complexity index is 1090. The van der Waals surface area contributed by atoms with Crippen molar-refractivity contribution in [3.63, 3.8) is 0 Å². The summed E-state index contributed by atoms with van der Waals surface area (Å²) in [6.07, 6.45) is 0. The smallest absolute Gasteiger partial charge is 0.317 e. The Morgan fingerprint density at radius 2 is 1.56 bits per heavy atom. The second-order valence-electron chi connectivity index (χ2n) is 6.07. The van der Waals surface area contributed by atoms with Gasteiger partial charge in [0, 0.05) is 12.6 Å². The van der Waals surface area contributed by atoms with Crippen LogP contribution in [0.15, 0.2) is 65.6 Å². The third-order valence-corrected chi connectivity index (χ3v) is 5.37. The fraction of sp³-hybridized carbons (Fsp3) is 0.150. The molecule has 27 heavy (non-hydrogen) atoms. The van der Waals surface area contributed by atoms with Crippen LogP contribution in [0.25, 0.3) is 10.8 Å². The van der Waals surface area contributed by atoms with Gasteiger partial charge in [-0.15, -0.1) is 4.28 Å². The molecule has 3 aromatic rings. The number of nitrogens with zero attached hydrogens (tertiary/aromatic N) is 1. The summed E-state index contributed by atoms with van der Waals surface area (Å²) < 4.78 is 34.8. The highest BCUT2D eigenvalue weighted by atomic mass is 32.2. The van der Waals surface area contributed by atoms with Crippen LogP contribution < -0.4 is 4.74 Å². The number of fused-ring (bicyclic) bond motifs is 1. The highest BCUT2D eigenvalue weighted by Crippen LogP contribution is 2.23. The first-order chi connectivity index (χ1) is 12.8. The van der Waals surface area contributed by atoms with Crippen molar-refractivity contribution >= 4 is 26.8 Å². The summed E-state index contributed by atoms with van der Waals surface area (Å²) in [5.74, 6) is 0.148. The molecule has 6 nitrogen and oxygen atoms in total. The third-order valence-electron chi connectivity index (χ3n) is 4.10. The molecule has 0 N–H and O–H groups in total. The number of methoxy groups -OCH3 is 1. The molecule has 3 rings (SSSR count). The van der Waals surface area contributed by atoms with Crippen LogP contribution in [-0.2, 0) is 14.4 Å². The van der Waals surface area contributed by atoms with E-state index in [1.807, 2.05) is 19.1 Å². The van der Waals surface area contributed by atoms with E-state index in [0.717, 1.165) is 21.4 Å². The molecule has 0 saturated carbocycles. The highest BCUT2D eigenvalue weighted by Gasteiger charge is 2.22. The molecule has 0 aliphatic carbocycles. The monoisotopic (exact) mass is 385 g/mol. The lowest BCUT2D eigenvalue weighted by molar-refractivity contribution is -0.00878. The Hall–Kier alpha value is -2.90. The highest BCUT2D eigenvalue weighted by molar-refractivity contribution is 7.86. The maximum absolute atomic E-state index is 12.6. The van der Waals surface area contributed by atoms with E-state index in [1.165, 1.54) is 19.2 Å². The second-order valence-corrected chi connectivity index (χ2v) is 7.60. The number of hydrogen-bond donors (Lipinski definition) is 0. The number of aryl methyl sites for hydroxylation is 1. The van der Waals surface area contributed by atoms with Crippen molar-refractivity contribution in [3.05, 3.63) is 71.8 Å². The van der Waals surface area contributed by atoms with Crippen LogP contribution in [0.5, 0.6) is 5.75 Å². The molecule has 0 fully saturated rings. The number of benzene rings is 3. The summed E-state index contributed by atoms with van der Waals surface area (Å²) in [7, 11) is -1.24. The quantitative estimate of drug-likeness (QED) is 0.628. The zero-order valence-electron chi connectivity index (χ0n) is 15.2. The first-order valence-electron chi connectivity index (χ1n) is 8.17. The summed E-state index contributed by atoms with van der Waals surface area (Å²) >= 11 is 0. The van der Waals surface area contributed by atoms with E-state index in [-0.39, 0.29) is 4.90 Å². The van der Waals surface area contributed by atoms with Gasteiger partial charge in [-0.2, -0.15) is 8.42 Å². The molecule has 0 saturated heterocycles. The number of carbonyl (C=O) groups is 1. The molecular formula is C20H19NO5S. The maximum Gasteiger partial charge on any atom is 0.317 e. The Morgan fingerprint density at radius 3 is 2.22 bits per heavy atom. The van der Waals surface area contributed by atoms with Crippen molar-refractivity contribution in [2.24, 2.45) is 0 Å². The van der Waals surface area contributed by atoms with Crippen LogP contribution in [0.3, 0.4) is 0 Å². The van der Waals surface area contributed by atoms with Crippen molar-refractivity contribution in [2.45, 2.75) is 11.8 Å². The minimum atomic E-state index is -4.09. The van der Waals surface area contributed by atoms with Gasteiger partial charge in [-0.25, -0.2) is 5.06 Å². The molecule has 7 heteroatoms. The number of hydrogen-bond acceptors (Lipinski definition) is 5. The molecule has 1 amide bonds. The normalized spacial score (nSPS) is 11.4. The molecule has 0 spiro atoms. The van der Waals surface area contributed by atoms with E-state index >= 15 is 0 Å². The van der Waals surface area contributed by atoms with E-state index in [0.29, 0.717) is 11.3 Å². The zero-order valence-corrected chi connectivity index (χ0v) is 16.0. The van der Waals surface area contributed by atoms with Gasteiger partial charge >= 0.3 is 10.1 Å². The van der Waals surface area contributed by atoms with Crippen molar-refractivity contribution in [3.8, 4) is 5.75 Å². The lowest BCUT2D eigenvalue weighted by atomic mass is 10.1. The molecule has 0 bridgehead atoms. The van der Waals surface area contributed by atoms with E-state index in [2.05, 4.69) is 0 Å². The van der Waals surface area contributed by atoms with E-state index in [4.69, 9.17) is 9.02 Å². The van der Waals surface area contributed by atoms with Crippen molar-refractivity contribution in [1.29, 1.82) is 0 Å². The van der Waals surface area contributed by atoms with Gasteiger partial charge in [0.2, 0.25) is 0 Å². The SMILES string of the molecule is COc1ccc2cc(C(=O)N(C)OS(=O)(=O)c3ccc(C)cc3)ccc2c1. The average molecular weight is 385 g/mol. The van der Waals surface area contributed by atoms with Crippen molar-refractivity contribution < 1.29 is 22.2 Å². The van der Waals surface area contributed by atoms with E-state index < -0.39 is 16.0 Å². The summed E-state index contributed by atoms with van der Waals surface area (Å²) in [4.78, 5) is 12.6. The molecule has 0 aromatic heterocycles. The first kappa shape index (κ1) is 18.9. The van der Waals surface area contributed by atoms with Crippen LogP contribution in [0.1, 0.15) is 15.9 Å². The number of hydroxylamine groups is 2. The van der Waals surface area contributed by atoms with Crippen LogP contribution >= 0.6 is 0 Å². The standard InChI is InChI=1S/C20H19NO5S/c1-14-4-10-19(11-5-14)27(23,24)26-21(2)20(22)17-7-6-16-13-18(25-3)9-8-15(16)12-17/h4-13H,1-3H3. The summed E-state index contributed by atoms with van der Waals surface area (Å²) in [5, 5.41) is 2.46. The molecule has 140 valence electrons. The minimum Gasteiger partial charge on any atom is -0.497 e. The van der Waals surface area contributed by atoms with Gasteiger partial charge in [-0.3, -0.25) is 4.79 Å². The Labute approximate surface area is 158 Å². The number of ether oxygens (including phenoxy) is 1. The van der Waals surface area contributed by atoms with Gasteiger partial charge in [-0.1, -0.05) is 29.8 Å². The molecule has 0 aliphatic heterocycles. The Morgan fingerprint density at radius 1 is 0.926 bits per heavy atom. The van der Waals surface area contributed by atoms with Gasteiger partial charge in [0.25, 0.3) is 5.91 Å². The number of amides is 1. The second kappa shape index (κ2) is 7.38. The molecule has 3 aromatic carbocycles. The fourth-order valence-electron chi connectivity index (χ4n) is 2.59.